The fourth-order valence-corrected chi connectivity index (χ4v) is 2.70. The highest BCUT2D eigenvalue weighted by Crippen LogP contribution is 2.42. The van der Waals surface area contributed by atoms with Crippen LogP contribution in [0.5, 0.6) is 0 Å². The molecule has 0 aromatic carbocycles. The fraction of sp³-hybridized carbons (Fsp3) is 0.636. The Balaban J connectivity index is 2.69. The Labute approximate surface area is 107 Å². The van der Waals surface area contributed by atoms with Gasteiger partial charge in [-0.3, -0.25) is 9.59 Å². The number of rotatable bonds is 4. The van der Waals surface area contributed by atoms with Gasteiger partial charge in [-0.25, -0.2) is 0 Å². The minimum atomic E-state index is -4.27. The lowest BCUT2D eigenvalue weighted by molar-refractivity contribution is -0.176. The molecule has 1 unspecified atom stereocenters. The van der Waals surface area contributed by atoms with Gasteiger partial charge >= 0.3 is 12.1 Å². The third kappa shape index (κ3) is 4.04. The molecule has 0 spiro atoms. The molecule has 0 fully saturated rings. The number of hydrogen-bond acceptors (Lipinski definition) is 4. The summed E-state index contributed by atoms with van der Waals surface area (Å²) in [7, 11) is 1.23. The number of carbonyl (C=O) groups is 2. The second kappa shape index (κ2) is 6.26. The standard InChI is InChI=1S/C11H13F3O3S/c1-17-10(16)6-18-9-3-2-8(11(12,13)14)4-7(9)5-15/h5,8H,2-4,6H2,1H3. The zero-order valence-corrected chi connectivity index (χ0v) is 10.6. The summed E-state index contributed by atoms with van der Waals surface area (Å²) in [6, 6.07) is 0. The van der Waals surface area contributed by atoms with Crippen molar-refractivity contribution in [1.29, 1.82) is 0 Å². The van der Waals surface area contributed by atoms with E-state index >= 15 is 0 Å². The van der Waals surface area contributed by atoms with E-state index in [0.717, 1.165) is 11.8 Å². The van der Waals surface area contributed by atoms with E-state index in [9.17, 15) is 22.8 Å². The highest BCUT2D eigenvalue weighted by atomic mass is 32.2. The first kappa shape index (κ1) is 15.1. The van der Waals surface area contributed by atoms with E-state index in [1.165, 1.54) is 7.11 Å². The van der Waals surface area contributed by atoms with Gasteiger partial charge in [0.2, 0.25) is 0 Å². The summed E-state index contributed by atoms with van der Waals surface area (Å²) >= 11 is 1.08. The third-order valence-corrected chi connectivity index (χ3v) is 3.94. The molecule has 102 valence electrons. The van der Waals surface area contributed by atoms with Crippen LogP contribution in [0.2, 0.25) is 0 Å². The molecular formula is C11H13F3O3S. The number of halogens is 3. The van der Waals surface area contributed by atoms with Crippen molar-refractivity contribution < 1.29 is 27.5 Å². The molecule has 1 aliphatic rings. The van der Waals surface area contributed by atoms with Gasteiger partial charge in [-0.05, 0) is 24.2 Å². The Hall–Kier alpha value is -0.980. The van der Waals surface area contributed by atoms with Gasteiger partial charge in [0.25, 0.3) is 0 Å². The fourth-order valence-electron chi connectivity index (χ4n) is 1.71. The maximum atomic E-state index is 12.5. The maximum absolute atomic E-state index is 12.5. The van der Waals surface area contributed by atoms with Crippen molar-refractivity contribution >= 4 is 24.0 Å². The van der Waals surface area contributed by atoms with Gasteiger partial charge in [0.1, 0.15) is 6.29 Å². The van der Waals surface area contributed by atoms with E-state index in [1.54, 1.807) is 0 Å². The molecule has 0 aromatic heterocycles. The molecule has 1 rings (SSSR count). The Morgan fingerprint density at radius 3 is 2.72 bits per heavy atom. The Kier molecular flexibility index (Phi) is 5.25. The number of esters is 1. The molecule has 0 bridgehead atoms. The van der Waals surface area contributed by atoms with E-state index in [-0.39, 0.29) is 30.6 Å². The molecule has 3 nitrogen and oxygen atoms in total. The van der Waals surface area contributed by atoms with Crippen molar-refractivity contribution in [3.8, 4) is 0 Å². The minimum absolute atomic E-state index is 0.0137. The van der Waals surface area contributed by atoms with Crippen molar-refractivity contribution in [2.75, 3.05) is 12.9 Å². The van der Waals surface area contributed by atoms with Crippen LogP contribution in [0.25, 0.3) is 0 Å². The predicted octanol–water partition coefficient (Wildman–Crippen LogP) is 2.71. The van der Waals surface area contributed by atoms with Crippen molar-refractivity contribution in [1.82, 2.24) is 0 Å². The van der Waals surface area contributed by atoms with Gasteiger partial charge < -0.3 is 4.74 Å². The van der Waals surface area contributed by atoms with Crippen LogP contribution in [0.3, 0.4) is 0 Å². The van der Waals surface area contributed by atoms with Crippen LogP contribution in [0.1, 0.15) is 19.3 Å². The predicted molar refractivity (Wildman–Crippen MR) is 61.0 cm³/mol. The van der Waals surface area contributed by atoms with E-state index in [2.05, 4.69) is 4.74 Å². The first-order valence-electron chi connectivity index (χ1n) is 5.32. The molecule has 18 heavy (non-hydrogen) atoms. The molecule has 0 aromatic rings. The van der Waals surface area contributed by atoms with Crippen molar-refractivity contribution in [3.63, 3.8) is 0 Å². The van der Waals surface area contributed by atoms with Crippen molar-refractivity contribution in [2.24, 2.45) is 5.92 Å². The van der Waals surface area contributed by atoms with E-state index < -0.39 is 18.1 Å². The highest BCUT2D eigenvalue weighted by Gasteiger charge is 2.41. The van der Waals surface area contributed by atoms with E-state index in [1.807, 2.05) is 0 Å². The van der Waals surface area contributed by atoms with Gasteiger partial charge in [0.05, 0.1) is 18.8 Å². The lowest BCUT2D eigenvalue weighted by Gasteiger charge is -2.26. The lowest BCUT2D eigenvalue weighted by atomic mass is 9.89. The van der Waals surface area contributed by atoms with Crippen LogP contribution in [0.15, 0.2) is 10.5 Å². The summed E-state index contributed by atoms with van der Waals surface area (Å²) in [6.45, 7) is 0. The molecular weight excluding hydrogens is 269 g/mol. The first-order valence-corrected chi connectivity index (χ1v) is 6.30. The average molecular weight is 282 g/mol. The summed E-state index contributed by atoms with van der Waals surface area (Å²) in [5, 5.41) is 0. The van der Waals surface area contributed by atoms with Crippen LogP contribution in [0.4, 0.5) is 13.2 Å². The van der Waals surface area contributed by atoms with Gasteiger partial charge in [-0.2, -0.15) is 13.2 Å². The average Bonchev–Trinajstić information content (AvgIpc) is 2.34. The molecule has 0 aliphatic heterocycles. The summed E-state index contributed by atoms with van der Waals surface area (Å²) in [4.78, 5) is 22.3. The first-order chi connectivity index (χ1) is 8.38. The van der Waals surface area contributed by atoms with Crippen molar-refractivity contribution in [2.45, 2.75) is 25.4 Å². The number of aldehydes is 1. The Morgan fingerprint density at radius 2 is 2.22 bits per heavy atom. The SMILES string of the molecule is COC(=O)CSC1=C(C=O)CC(C(F)(F)F)CC1. The summed E-state index contributed by atoms with van der Waals surface area (Å²) in [6.07, 6.45) is -3.97. The Morgan fingerprint density at radius 1 is 1.56 bits per heavy atom. The van der Waals surface area contributed by atoms with Crippen LogP contribution < -0.4 is 0 Å². The number of thioether (sulfide) groups is 1. The molecule has 1 atom stereocenters. The molecule has 0 heterocycles. The normalized spacial score (nSPS) is 20.8. The van der Waals surface area contributed by atoms with E-state index in [0.29, 0.717) is 11.2 Å². The zero-order valence-electron chi connectivity index (χ0n) is 9.75. The van der Waals surface area contributed by atoms with Gasteiger partial charge in [-0.15, -0.1) is 11.8 Å². The molecule has 0 saturated heterocycles. The number of alkyl halides is 3. The monoisotopic (exact) mass is 282 g/mol. The number of ether oxygens (including phenoxy) is 1. The molecule has 0 amide bonds. The molecule has 1 aliphatic carbocycles. The van der Waals surface area contributed by atoms with E-state index in [4.69, 9.17) is 0 Å². The molecule has 0 radical (unpaired) electrons. The number of allylic oxidation sites excluding steroid dienone is 2. The van der Waals surface area contributed by atoms with Crippen LogP contribution in [-0.4, -0.2) is 31.3 Å². The topological polar surface area (TPSA) is 43.4 Å². The molecule has 7 heteroatoms. The van der Waals surface area contributed by atoms with Crippen LogP contribution in [0, 0.1) is 5.92 Å². The molecule has 0 saturated carbocycles. The highest BCUT2D eigenvalue weighted by molar-refractivity contribution is 8.03. The Bertz CT molecular complexity index is 363. The van der Waals surface area contributed by atoms with Crippen molar-refractivity contribution in [3.05, 3.63) is 10.5 Å². The maximum Gasteiger partial charge on any atom is 0.392 e. The molecule has 0 N–H and O–H groups in total. The van der Waals surface area contributed by atoms with Gasteiger partial charge in [0.15, 0.2) is 0 Å². The summed E-state index contributed by atoms with van der Waals surface area (Å²) in [5.41, 5.74) is 0.150. The summed E-state index contributed by atoms with van der Waals surface area (Å²) in [5.74, 6) is -1.91. The van der Waals surface area contributed by atoms with Gasteiger partial charge in [0, 0.05) is 5.57 Å². The largest absolute Gasteiger partial charge is 0.468 e. The smallest absolute Gasteiger partial charge is 0.392 e. The lowest BCUT2D eigenvalue weighted by Crippen LogP contribution is -2.26. The number of hydrogen-bond donors (Lipinski definition) is 0. The van der Waals surface area contributed by atoms with Gasteiger partial charge in [-0.1, -0.05) is 0 Å². The third-order valence-electron chi connectivity index (χ3n) is 2.74. The second-order valence-electron chi connectivity index (χ2n) is 3.91. The zero-order chi connectivity index (χ0) is 13.8. The van der Waals surface area contributed by atoms with Crippen LogP contribution >= 0.6 is 11.8 Å². The quantitative estimate of drug-likeness (QED) is 0.587. The number of methoxy groups -OCH3 is 1. The second-order valence-corrected chi connectivity index (χ2v) is 4.98. The summed E-state index contributed by atoms with van der Waals surface area (Å²) < 4.78 is 42.0. The minimum Gasteiger partial charge on any atom is -0.468 e. The number of carbonyl (C=O) groups excluding carboxylic acids is 2. The van der Waals surface area contributed by atoms with Crippen LogP contribution in [-0.2, 0) is 14.3 Å².